The van der Waals surface area contributed by atoms with Crippen molar-refractivity contribution >= 4 is 12.0 Å². The summed E-state index contributed by atoms with van der Waals surface area (Å²) in [6.45, 7) is 8.91. The van der Waals surface area contributed by atoms with E-state index in [1.807, 2.05) is 20.8 Å². The standard InChI is InChI=1S/C16H30N2O3/c1-5-16(9-6-7-10-16)12-17-14(21)18(15(2,3)4)11-8-13(19)20/h5-12H2,1-4H3,(H,17,21)(H,19,20). The summed E-state index contributed by atoms with van der Waals surface area (Å²) in [5, 5.41) is 11.9. The predicted molar refractivity (Wildman–Crippen MR) is 83.3 cm³/mol. The highest BCUT2D eigenvalue weighted by atomic mass is 16.4. The maximum atomic E-state index is 12.4. The fourth-order valence-corrected chi connectivity index (χ4v) is 3.09. The van der Waals surface area contributed by atoms with Gasteiger partial charge in [-0.25, -0.2) is 4.79 Å². The van der Waals surface area contributed by atoms with Crippen LogP contribution in [-0.2, 0) is 4.79 Å². The van der Waals surface area contributed by atoms with Crippen molar-refractivity contribution in [2.24, 2.45) is 5.41 Å². The number of nitrogens with zero attached hydrogens (tertiary/aromatic N) is 1. The fraction of sp³-hybridized carbons (Fsp3) is 0.875. The number of aliphatic carboxylic acids is 1. The first-order valence-corrected chi connectivity index (χ1v) is 7.97. The molecular formula is C16H30N2O3. The number of carbonyl (C=O) groups excluding carboxylic acids is 1. The Bertz CT molecular complexity index is 368. The lowest BCUT2D eigenvalue weighted by atomic mass is 9.83. The van der Waals surface area contributed by atoms with Gasteiger partial charge in [0.05, 0.1) is 6.42 Å². The molecule has 0 aromatic heterocycles. The van der Waals surface area contributed by atoms with E-state index >= 15 is 0 Å². The zero-order chi connectivity index (χ0) is 16.1. The summed E-state index contributed by atoms with van der Waals surface area (Å²) in [4.78, 5) is 24.8. The van der Waals surface area contributed by atoms with Crippen LogP contribution in [0.3, 0.4) is 0 Å². The quantitative estimate of drug-likeness (QED) is 0.791. The molecule has 0 atom stereocenters. The second kappa shape index (κ2) is 7.14. The first-order valence-electron chi connectivity index (χ1n) is 7.97. The van der Waals surface area contributed by atoms with Crippen LogP contribution in [0.4, 0.5) is 4.79 Å². The Morgan fingerprint density at radius 1 is 1.24 bits per heavy atom. The van der Waals surface area contributed by atoms with Gasteiger partial charge in [-0.2, -0.15) is 0 Å². The molecule has 122 valence electrons. The molecule has 1 aliphatic carbocycles. The van der Waals surface area contributed by atoms with Crippen molar-refractivity contribution in [1.82, 2.24) is 10.2 Å². The first-order chi connectivity index (χ1) is 9.70. The summed E-state index contributed by atoms with van der Waals surface area (Å²) < 4.78 is 0. The minimum absolute atomic E-state index is 0.0242. The van der Waals surface area contributed by atoms with Gasteiger partial charge in [0.15, 0.2) is 0 Å². The zero-order valence-corrected chi connectivity index (χ0v) is 13.9. The third-order valence-corrected chi connectivity index (χ3v) is 4.63. The number of hydrogen-bond donors (Lipinski definition) is 2. The van der Waals surface area contributed by atoms with Crippen LogP contribution in [0.5, 0.6) is 0 Å². The summed E-state index contributed by atoms with van der Waals surface area (Å²) in [6, 6.07) is -0.150. The second-order valence-electron chi connectivity index (χ2n) is 7.19. The largest absolute Gasteiger partial charge is 0.481 e. The van der Waals surface area contributed by atoms with Crippen LogP contribution in [0.2, 0.25) is 0 Å². The SMILES string of the molecule is CCC1(CNC(=O)N(CCC(=O)O)C(C)(C)C)CCCC1. The molecule has 0 bridgehead atoms. The van der Waals surface area contributed by atoms with Gasteiger partial charge in [0, 0.05) is 18.6 Å². The number of rotatable bonds is 6. The van der Waals surface area contributed by atoms with E-state index in [1.54, 1.807) is 4.90 Å². The van der Waals surface area contributed by atoms with E-state index in [-0.39, 0.29) is 30.0 Å². The molecule has 1 aliphatic rings. The highest BCUT2D eigenvalue weighted by Gasteiger charge is 2.34. The summed E-state index contributed by atoms with van der Waals surface area (Å²) in [5.74, 6) is -0.877. The van der Waals surface area contributed by atoms with Crippen LogP contribution < -0.4 is 5.32 Å². The van der Waals surface area contributed by atoms with Gasteiger partial charge in [-0.15, -0.1) is 0 Å². The summed E-state index contributed by atoms with van der Waals surface area (Å²) >= 11 is 0. The Kier molecular flexibility index (Phi) is 6.05. The molecule has 5 nitrogen and oxygen atoms in total. The predicted octanol–water partition coefficient (Wildman–Crippen LogP) is 3.24. The Morgan fingerprint density at radius 3 is 2.24 bits per heavy atom. The molecule has 21 heavy (non-hydrogen) atoms. The molecule has 0 saturated heterocycles. The maximum absolute atomic E-state index is 12.4. The molecule has 0 aromatic rings. The fourth-order valence-electron chi connectivity index (χ4n) is 3.09. The average molecular weight is 298 g/mol. The van der Waals surface area contributed by atoms with Gasteiger partial charge >= 0.3 is 12.0 Å². The average Bonchev–Trinajstić information content (AvgIpc) is 2.84. The van der Waals surface area contributed by atoms with Crippen molar-refractivity contribution in [1.29, 1.82) is 0 Å². The van der Waals surface area contributed by atoms with Crippen LogP contribution in [0.1, 0.15) is 66.2 Å². The van der Waals surface area contributed by atoms with E-state index in [0.29, 0.717) is 6.54 Å². The van der Waals surface area contributed by atoms with Crippen LogP contribution in [-0.4, -0.2) is 40.6 Å². The third kappa shape index (κ3) is 5.21. The number of amides is 2. The highest BCUT2D eigenvalue weighted by molar-refractivity contribution is 5.76. The van der Waals surface area contributed by atoms with Crippen molar-refractivity contribution in [3.8, 4) is 0 Å². The molecule has 2 amide bonds. The molecule has 1 saturated carbocycles. The molecule has 0 radical (unpaired) electrons. The maximum Gasteiger partial charge on any atom is 0.317 e. The van der Waals surface area contributed by atoms with Crippen LogP contribution in [0, 0.1) is 5.41 Å². The van der Waals surface area contributed by atoms with Gasteiger partial charge in [-0.3, -0.25) is 4.79 Å². The van der Waals surface area contributed by atoms with Gasteiger partial charge in [0.2, 0.25) is 0 Å². The summed E-state index contributed by atoms with van der Waals surface area (Å²) in [7, 11) is 0. The van der Waals surface area contributed by atoms with Gasteiger partial charge in [-0.05, 0) is 45.4 Å². The number of carboxylic acid groups (broad SMARTS) is 1. The molecule has 0 unspecified atom stereocenters. The van der Waals surface area contributed by atoms with E-state index in [4.69, 9.17) is 5.11 Å². The molecule has 0 aromatic carbocycles. The Balaban J connectivity index is 2.61. The molecule has 1 fully saturated rings. The number of urea groups is 1. The van der Waals surface area contributed by atoms with Gasteiger partial charge in [-0.1, -0.05) is 19.8 Å². The second-order valence-corrected chi connectivity index (χ2v) is 7.19. The lowest BCUT2D eigenvalue weighted by Crippen LogP contribution is -2.52. The normalized spacial score (nSPS) is 17.5. The van der Waals surface area contributed by atoms with E-state index in [0.717, 1.165) is 6.42 Å². The Morgan fingerprint density at radius 2 is 1.81 bits per heavy atom. The zero-order valence-electron chi connectivity index (χ0n) is 13.9. The smallest absolute Gasteiger partial charge is 0.317 e. The monoisotopic (exact) mass is 298 g/mol. The molecule has 5 heteroatoms. The number of hydrogen-bond acceptors (Lipinski definition) is 2. The van der Waals surface area contributed by atoms with Crippen molar-refractivity contribution in [2.45, 2.75) is 71.8 Å². The lowest BCUT2D eigenvalue weighted by Gasteiger charge is -2.37. The molecular weight excluding hydrogens is 268 g/mol. The third-order valence-electron chi connectivity index (χ3n) is 4.63. The van der Waals surface area contributed by atoms with Gasteiger partial charge in [0.1, 0.15) is 0 Å². The number of carboxylic acids is 1. The molecule has 0 heterocycles. The minimum atomic E-state index is -0.877. The number of nitrogens with one attached hydrogen (secondary N) is 1. The Labute approximate surface area is 128 Å². The first kappa shape index (κ1) is 17.8. The van der Waals surface area contributed by atoms with E-state index < -0.39 is 5.97 Å². The highest BCUT2D eigenvalue weighted by Crippen LogP contribution is 2.40. The molecule has 1 rings (SSSR count). The van der Waals surface area contributed by atoms with Crippen LogP contribution in [0.25, 0.3) is 0 Å². The van der Waals surface area contributed by atoms with Crippen LogP contribution >= 0.6 is 0 Å². The van der Waals surface area contributed by atoms with E-state index in [2.05, 4.69) is 12.2 Å². The summed E-state index contributed by atoms with van der Waals surface area (Å²) in [5.41, 5.74) is -0.138. The van der Waals surface area contributed by atoms with Gasteiger partial charge < -0.3 is 15.3 Å². The van der Waals surface area contributed by atoms with E-state index in [1.165, 1.54) is 25.7 Å². The molecule has 0 aliphatic heterocycles. The molecule has 0 spiro atoms. The topological polar surface area (TPSA) is 69.6 Å². The van der Waals surface area contributed by atoms with Crippen LogP contribution in [0.15, 0.2) is 0 Å². The van der Waals surface area contributed by atoms with Crippen molar-refractivity contribution in [2.75, 3.05) is 13.1 Å². The molecule has 2 N–H and O–H groups in total. The van der Waals surface area contributed by atoms with Crippen molar-refractivity contribution < 1.29 is 14.7 Å². The summed E-state index contributed by atoms with van der Waals surface area (Å²) in [6.07, 6.45) is 5.89. The van der Waals surface area contributed by atoms with E-state index in [9.17, 15) is 9.59 Å². The Hall–Kier alpha value is -1.26. The lowest BCUT2D eigenvalue weighted by molar-refractivity contribution is -0.137. The van der Waals surface area contributed by atoms with Crippen molar-refractivity contribution in [3.05, 3.63) is 0 Å². The van der Waals surface area contributed by atoms with Gasteiger partial charge in [0.25, 0.3) is 0 Å². The number of carbonyl (C=O) groups is 2. The van der Waals surface area contributed by atoms with Crippen molar-refractivity contribution in [3.63, 3.8) is 0 Å². The minimum Gasteiger partial charge on any atom is -0.481 e.